The van der Waals surface area contributed by atoms with Gasteiger partial charge in [-0.2, -0.15) is 0 Å². The fraction of sp³-hybridized carbons (Fsp3) is 0.417. The maximum atomic E-state index is 5.41. The first-order valence-electron chi connectivity index (χ1n) is 4.85. The predicted octanol–water partition coefficient (Wildman–Crippen LogP) is 3.84. The van der Waals surface area contributed by atoms with Gasteiger partial charge in [-0.25, -0.2) is 0 Å². The summed E-state index contributed by atoms with van der Waals surface area (Å²) in [5, 5.41) is 0. The second-order valence-corrected chi connectivity index (χ2v) is 3.86. The summed E-state index contributed by atoms with van der Waals surface area (Å²) in [6.45, 7) is 4.41. The Morgan fingerprint density at radius 3 is 2.46 bits per heavy atom. The summed E-state index contributed by atoms with van der Waals surface area (Å²) in [7, 11) is 0. The van der Waals surface area contributed by atoms with Crippen LogP contribution in [0.1, 0.15) is 32.3 Å². The Morgan fingerprint density at radius 1 is 1.31 bits per heavy atom. The number of benzene rings is 1. The second-order valence-electron chi connectivity index (χ2n) is 3.42. The van der Waals surface area contributed by atoms with Gasteiger partial charge in [0.2, 0.25) is 0 Å². The molecule has 1 aromatic carbocycles. The summed E-state index contributed by atoms with van der Waals surface area (Å²) < 4.78 is 0. The lowest BCUT2D eigenvalue weighted by atomic mass is 9.97. The minimum atomic E-state index is 0.530. The molecule has 0 aliphatic rings. The van der Waals surface area contributed by atoms with Crippen molar-refractivity contribution >= 4 is 17.1 Å². The van der Waals surface area contributed by atoms with Crippen LogP contribution in [0, 0.1) is 5.92 Å². The highest BCUT2D eigenvalue weighted by Gasteiger charge is 2.08. The van der Waals surface area contributed by atoms with Crippen LogP contribution >= 0.6 is 12.2 Å². The minimum Gasteiger partial charge on any atom is -0.0840 e. The SMILES string of the molecule is CCCC(C)C(=S)c1ccccc1. The van der Waals surface area contributed by atoms with E-state index < -0.39 is 0 Å². The van der Waals surface area contributed by atoms with E-state index in [4.69, 9.17) is 12.2 Å². The van der Waals surface area contributed by atoms with Gasteiger partial charge in [0.15, 0.2) is 0 Å². The Bertz CT molecular complexity index is 264. The third kappa shape index (κ3) is 2.92. The lowest BCUT2D eigenvalue weighted by molar-refractivity contribution is 0.674. The monoisotopic (exact) mass is 192 g/mol. The molecule has 0 aromatic heterocycles. The fourth-order valence-corrected chi connectivity index (χ4v) is 1.70. The molecule has 0 aliphatic carbocycles. The van der Waals surface area contributed by atoms with E-state index >= 15 is 0 Å². The molecule has 13 heavy (non-hydrogen) atoms. The van der Waals surface area contributed by atoms with E-state index in [-0.39, 0.29) is 0 Å². The van der Waals surface area contributed by atoms with Crippen molar-refractivity contribution in [1.29, 1.82) is 0 Å². The van der Waals surface area contributed by atoms with Gasteiger partial charge in [-0.15, -0.1) is 0 Å². The molecule has 0 nitrogen and oxygen atoms in total. The van der Waals surface area contributed by atoms with Crippen LogP contribution in [0.3, 0.4) is 0 Å². The standard InChI is InChI=1S/C12H16S/c1-3-7-10(2)12(13)11-8-5-4-6-9-11/h4-6,8-10H,3,7H2,1-2H3. The van der Waals surface area contributed by atoms with Gasteiger partial charge in [0.05, 0.1) is 0 Å². The van der Waals surface area contributed by atoms with Crippen molar-refractivity contribution in [3.05, 3.63) is 35.9 Å². The molecule has 1 aromatic rings. The molecule has 0 bridgehead atoms. The van der Waals surface area contributed by atoms with Gasteiger partial charge in [0.1, 0.15) is 0 Å². The van der Waals surface area contributed by atoms with Crippen LogP contribution in [0.5, 0.6) is 0 Å². The maximum absolute atomic E-state index is 5.41. The van der Waals surface area contributed by atoms with E-state index in [2.05, 4.69) is 26.0 Å². The van der Waals surface area contributed by atoms with Crippen molar-refractivity contribution < 1.29 is 0 Å². The average molecular weight is 192 g/mol. The maximum Gasteiger partial charge on any atom is 0.0252 e. The highest BCUT2D eigenvalue weighted by atomic mass is 32.1. The van der Waals surface area contributed by atoms with Crippen LogP contribution in [-0.4, -0.2) is 4.86 Å². The lowest BCUT2D eigenvalue weighted by Crippen LogP contribution is -2.09. The quantitative estimate of drug-likeness (QED) is 0.516. The zero-order valence-corrected chi connectivity index (χ0v) is 9.10. The zero-order valence-electron chi connectivity index (χ0n) is 8.29. The van der Waals surface area contributed by atoms with Crippen LogP contribution in [0.15, 0.2) is 30.3 Å². The lowest BCUT2D eigenvalue weighted by Gasteiger charge is -2.11. The first-order chi connectivity index (χ1) is 6.25. The molecule has 70 valence electrons. The average Bonchev–Trinajstić information content (AvgIpc) is 2.18. The predicted molar refractivity (Wildman–Crippen MR) is 62.2 cm³/mol. The van der Waals surface area contributed by atoms with Crippen LogP contribution in [0.4, 0.5) is 0 Å². The number of thiocarbonyl (C=S) groups is 1. The molecule has 1 heteroatoms. The molecular formula is C12H16S. The van der Waals surface area contributed by atoms with Crippen molar-refractivity contribution in [3.63, 3.8) is 0 Å². The van der Waals surface area contributed by atoms with Crippen molar-refractivity contribution in [2.24, 2.45) is 5.92 Å². The van der Waals surface area contributed by atoms with Crippen molar-refractivity contribution in [2.75, 3.05) is 0 Å². The van der Waals surface area contributed by atoms with Gasteiger partial charge in [0, 0.05) is 4.86 Å². The molecule has 1 rings (SSSR count). The van der Waals surface area contributed by atoms with Crippen LogP contribution in [0.25, 0.3) is 0 Å². The van der Waals surface area contributed by atoms with Crippen LogP contribution in [0.2, 0.25) is 0 Å². The summed E-state index contributed by atoms with van der Waals surface area (Å²) in [6, 6.07) is 10.3. The van der Waals surface area contributed by atoms with E-state index in [0.717, 1.165) is 4.86 Å². The van der Waals surface area contributed by atoms with Gasteiger partial charge < -0.3 is 0 Å². The summed E-state index contributed by atoms with van der Waals surface area (Å²) in [5.41, 5.74) is 1.21. The van der Waals surface area contributed by atoms with Crippen molar-refractivity contribution in [1.82, 2.24) is 0 Å². The molecule has 0 heterocycles. The Balaban J connectivity index is 2.68. The first-order valence-corrected chi connectivity index (χ1v) is 5.25. The fourth-order valence-electron chi connectivity index (χ4n) is 1.45. The number of rotatable bonds is 4. The van der Waals surface area contributed by atoms with Crippen molar-refractivity contribution in [2.45, 2.75) is 26.7 Å². The Hall–Kier alpha value is -0.690. The van der Waals surface area contributed by atoms with E-state index in [1.54, 1.807) is 0 Å². The third-order valence-corrected chi connectivity index (χ3v) is 2.87. The molecule has 0 saturated carbocycles. The molecule has 0 fully saturated rings. The molecule has 0 saturated heterocycles. The Labute approximate surface area is 86.0 Å². The summed E-state index contributed by atoms with van der Waals surface area (Å²) in [5.74, 6) is 0.530. The third-order valence-electron chi connectivity index (χ3n) is 2.23. The molecule has 0 N–H and O–H groups in total. The smallest absolute Gasteiger partial charge is 0.0252 e. The van der Waals surface area contributed by atoms with E-state index in [9.17, 15) is 0 Å². The Kier molecular flexibility index (Phi) is 4.10. The summed E-state index contributed by atoms with van der Waals surface area (Å²) in [6.07, 6.45) is 2.39. The Morgan fingerprint density at radius 2 is 1.92 bits per heavy atom. The summed E-state index contributed by atoms with van der Waals surface area (Å²) >= 11 is 5.41. The van der Waals surface area contributed by atoms with Crippen LogP contribution in [-0.2, 0) is 0 Å². The summed E-state index contributed by atoms with van der Waals surface area (Å²) in [4.78, 5) is 1.10. The molecule has 1 atom stereocenters. The molecule has 0 aliphatic heterocycles. The molecule has 1 unspecified atom stereocenters. The largest absolute Gasteiger partial charge is 0.0840 e. The zero-order chi connectivity index (χ0) is 9.68. The van der Waals surface area contributed by atoms with Gasteiger partial charge in [-0.3, -0.25) is 0 Å². The minimum absolute atomic E-state index is 0.530. The number of hydrogen-bond donors (Lipinski definition) is 0. The first kappa shape index (κ1) is 10.4. The topological polar surface area (TPSA) is 0 Å². The van der Waals surface area contributed by atoms with Gasteiger partial charge in [-0.1, -0.05) is 62.8 Å². The highest BCUT2D eigenvalue weighted by Crippen LogP contribution is 2.14. The van der Waals surface area contributed by atoms with E-state index in [1.807, 2.05) is 18.2 Å². The van der Waals surface area contributed by atoms with Gasteiger partial charge in [0.25, 0.3) is 0 Å². The molecular weight excluding hydrogens is 176 g/mol. The molecule has 0 spiro atoms. The van der Waals surface area contributed by atoms with Gasteiger partial charge >= 0.3 is 0 Å². The van der Waals surface area contributed by atoms with Crippen molar-refractivity contribution in [3.8, 4) is 0 Å². The number of hydrogen-bond acceptors (Lipinski definition) is 1. The van der Waals surface area contributed by atoms with Gasteiger partial charge in [-0.05, 0) is 17.9 Å². The van der Waals surface area contributed by atoms with E-state index in [0.29, 0.717) is 5.92 Å². The molecule has 0 amide bonds. The van der Waals surface area contributed by atoms with E-state index in [1.165, 1.54) is 18.4 Å². The normalized spacial score (nSPS) is 12.5. The second kappa shape index (κ2) is 5.13. The molecule has 0 radical (unpaired) electrons. The highest BCUT2D eigenvalue weighted by molar-refractivity contribution is 7.80. The van der Waals surface area contributed by atoms with Crippen LogP contribution < -0.4 is 0 Å².